The smallest absolute Gasteiger partial charge is 0.277 e. The molecule has 1 N–H and O–H groups in total. The van der Waals surface area contributed by atoms with Gasteiger partial charge in [0.2, 0.25) is 0 Å². The van der Waals surface area contributed by atoms with Gasteiger partial charge in [-0.15, -0.1) is 11.3 Å². The van der Waals surface area contributed by atoms with Crippen LogP contribution in [0, 0.1) is 32.0 Å². The zero-order valence-corrected chi connectivity index (χ0v) is 19.6. The van der Waals surface area contributed by atoms with Gasteiger partial charge in [0.05, 0.1) is 23.0 Å². The number of thiazole rings is 1. The Labute approximate surface area is 185 Å². The van der Waals surface area contributed by atoms with E-state index in [4.69, 9.17) is 0 Å². The number of nitrogens with zero attached hydrogens (tertiary/aromatic N) is 3. The number of hydrogen-bond donors (Lipinski definition) is 1. The first-order chi connectivity index (χ1) is 14.4. The number of amides is 1. The third-order valence-corrected chi connectivity index (χ3v) is 6.46. The summed E-state index contributed by atoms with van der Waals surface area (Å²) in [6.07, 6.45) is 0. The number of rotatable bonds is 4. The van der Waals surface area contributed by atoms with Gasteiger partial charge in [-0.25, -0.2) is 14.1 Å². The number of hydrogen-bond acceptors (Lipinski definition) is 5. The Kier molecular flexibility index (Phi) is 6.14. The highest BCUT2D eigenvalue weighted by molar-refractivity contribution is 7.17. The Hall–Kier alpha value is -2.87. The molecule has 2 aromatic heterocycles. The van der Waals surface area contributed by atoms with Crippen LogP contribution in [-0.2, 0) is 7.05 Å². The average Bonchev–Trinajstić information content (AvgIpc) is 3.06. The van der Waals surface area contributed by atoms with Gasteiger partial charge < -0.3 is 5.32 Å². The molecule has 3 rings (SSSR count). The lowest BCUT2D eigenvalue weighted by molar-refractivity contribution is 0.0905. The van der Waals surface area contributed by atoms with Gasteiger partial charge in [0.15, 0.2) is 0 Å². The van der Waals surface area contributed by atoms with E-state index in [2.05, 4.69) is 15.4 Å². The Morgan fingerprint density at radius 2 is 1.74 bits per heavy atom. The minimum atomic E-state index is -0.330. The standard InChI is InChI=1S/C23H27FN4O2S/c1-12-13(2)27-28(7)22(30)17(12)21-25-14(3)18(31-21)20(29)26-19(23(4,5)6)15-8-10-16(24)11-9-15/h8-11,19H,1-7H3,(H,26,29). The van der Waals surface area contributed by atoms with E-state index in [1.54, 1.807) is 26.1 Å². The highest BCUT2D eigenvalue weighted by atomic mass is 32.1. The molecular formula is C23H27FN4O2S. The molecule has 0 spiro atoms. The highest BCUT2D eigenvalue weighted by Crippen LogP contribution is 2.34. The maximum absolute atomic E-state index is 13.4. The molecule has 164 valence electrons. The molecule has 0 fully saturated rings. The van der Waals surface area contributed by atoms with Crippen LogP contribution in [0.4, 0.5) is 4.39 Å². The topological polar surface area (TPSA) is 76.9 Å². The van der Waals surface area contributed by atoms with Crippen LogP contribution in [0.2, 0.25) is 0 Å². The molecule has 1 aromatic carbocycles. The third-order valence-electron chi connectivity index (χ3n) is 5.29. The highest BCUT2D eigenvalue weighted by Gasteiger charge is 2.30. The van der Waals surface area contributed by atoms with E-state index in [0.29, 0.717) is 21.1 Å². The monoisotopic (exact) mass is 442 g/mol. The van der Waals surface area contributed by atoms with Crippen molar-refractivity contribution in [1.82, 2.24) is 20.1 Å². The second-order valence-corrected chi connectivity index (χ2v) is 9.77. The van der Waals surface area contributed by atoms with Crippen molar-refractivity contribution >= 4 is 17.2 Å². The van der Waals surface area contributed by atoms with E-state index in [-0.39, 0.29) is 28.7 Å². The van der Waals surface area contributed by atoms with Crippen LogP contribution >= 0.6 is 11.3 Å². The second-order valence-electron chi connectivity index (χ2n) is 8.77. The normalized spacial score (nSPS) is 12.6. The van der Waals surface area contributed by atoms with Crippen LogP contribution in [0.1, 0.15) is 59.0 Å². The summed E-state index contributed by atoms with van der Waals surface area (Å²) in [4.78, 5) is 30.9. The molecule has 0 aliphatic rings. The molecule has 0 radical (unpaired) electrons. The van der Waals surface area contributed by atoms with E-state index in [1.807, 2.05) is 34.6 Å². The first-order valence-electron chi connectivity index (χ1n) is 9.98. The quantitative estimate of drug-likeness (QED) is 0.646. The zero-order valence-electron chi connectivity index (χ0n) is 18.8. The molecule has 1 atom stereocenters. The Bertz CT molecular complexity index is 1190. The summed E-state index contributed by atoms with van der Waals surface area (Å²) in [6, 6.07) is 5.82. The summed E-state index contributed by atoms with van der Waals surface area (Å²) in [7, 11) is 1.60. The van der Waals surface area contributed by atoms with Gasteiger partial charge in [-0.1, -0.05) is 32.9 Å². The fraction of sp³-hybridized carbons (Fsp3) is 0.391. The molecule has 1 unspecified atom stereocenters. The van der Waals surface area contributed by atoms with Crippen molar-refractivity contribution in [2.75, 3.05) is 0 Å². The molecule has 0 aliphatic carbocycles. The first kappa shape index (κ1) is 22.8. The molecule has 0 saturated carbocycles. The molecule has 31 heavy (non-hydrogen) atoms. The van der Waals surface area contributed by atoms with Crippen LogP contribution < -0.4 is 10.9 Å². The number of halogens is 1. The summed E-state index contributed by atoms with van der Waals surface area (Å²) in [5.74, 6) is -0.596. The van der Waals surface area contributed by atoms with Gasteiger partial charge in [0.25, 0.3) is 11.5 Å². The Morgan fingerprint density at radius 1 is 1.13 bits per heavy atom. The fourth-order valence-corrected chi connectivity index (χ4v) is 4.53. The third kappa shape index (κ3) is 4.58. The fourth-order valence-electron chi connectivity index (χ4n) is 3.47. The van der Waals surface area contributed by atoms with Gasteiger partial charge >= 0.3 is 0 Å². The summed E-state index contributed by atoms with van der Waals surface area (Å²) in [5, 5.41) is 7.78. The molecule has 0 aliphatic heterocycles. The van der Waals surface area contributed by atoms with Crippen LogP contribution in [0.3, 0.4) is 0 Å². The van der Waals surface area contributed by atoms with Crippen LogP contribution in [0.15, 0.2) is 29.1 Å². The van der Waals surface area contributed by atoms with Crippen molar-refractivity contribution in [3.8, 4) is 10.6 Å². The largest absolute Gasteiger partial charge is 0.344 e. The van der Waals surface area contributed by atoms with Gasteiger partial charge in [-0.2, -0.15) is 5.10 Å². The van der Waals surface area contributed by atoms with Crippen LogP contribution in [0.5, 0.6) is 0 Å². The van der Waals surface area contributed by atoms with E-state index in [9.17, 15) is 14.0 Å². The molecule has 0 bridgehead atoms. The number of nitrogens with one attached hydrogen (secondary N) is 1. The van der Waals surface area contributed by atoms with Crippen molar-refractivity contribution < 1.29 is 9.18 Å². The molecule has 0 saturated heterocycles. The summed E-state index contributed by atoms with van der Waals surface area (Å²) in [6.45, 7) is 11.5. The van der Waals surface area contributed by atoms with E-state index in [0.717, 1.165) is 16.8 Å². The van der Waals surface area contributed by atoms with Crippen molar-refractivity contribution in [3.63, 3.8) is 0 Å². The van der Waals surface area contributed by atoms with Crippen molar-refractivity contribution in [3.05, 3.63) is 67.8 Å². The number of aryl methyl sites for hydroxylation is 3. The van der Waals surface area contributed by atoms with Gasteiger partial charge in [0.1, 0.15) is 15.7 Å². The van der Waals surface area contributed by atoms with Crippen molar-refractivity contribution in [2.24, 2.45) is 12.5 Å². The minimum absolute atomic E-state index is 0.248. The summed E-state index contributed by atoms with van der Waals surface area (Å²) < 4.78 is 14.7. The van der Waals surface area contributed by atoms with E-state index < -0.39 is 0 Å². The predicted molar refractivity (Wildman–Crippen MR) is 121 cm³/mol. The van der Waals surface area contributed by atoms with Crippen LogP contribution in [0.25, 0.3) is 10.6 Å². The first-order valence-corrected chi connectivity index (χ1v) is 10.8. The molecule has 8 heteroatoms. The number of carbonyl (C=O) groups excluding carboxylic acids is 1. The predicted octanol–water partition coefficient (Wildman–Crippen LogP) is 4.49. The zero-order chi connectivity index (χ0) is 23.1. The molecular weight excluding hydrogens is 415 g/mol. The maximum Gasteiger partial charge on any atom is 0.277 e. The number of aromatic nitrogens is 3. The second kappa shape index (κ2) is 8.34. The van der Waals surface area contributed by atoms with Gasteiger partial charge in [-0.3, -0.25) is 9.59 Å². The van der Waals surface area contributed by atoms with Gasteiger partial charge in [0, 0.05) is 7.05 Å². The number of benzene rings is 1. The van der Waals surface area contributed by atoms with Crippen LogP contribution in [-0.4, -0.2) is 20.7 Å². The summed E-state index contributed by atoms with van der Waals surface area (Å²) in [5.41, 5.74) is 2.78. The lowest BCUT2D eigenvalue weighted by Gasteiger charge is -2.32. The Balaban J connectivity index is 1.99. The van der Waals surface area contributed by atoms with Crippen molar-refractivity contribution in [1.29, 1.82) is 0 Å². The molecule has 6 nitrogen and oxygen atoms in total. The molecule has 1 amide bonds. The Morgan fingerprint density at radius 3 is 2.32 bits per heavy atom. The molecule has 3 aromatic rings. The van der Waals surface area contributed by atoms with Crippen molar-refractivity contribution in [2.45, 2.75) is 47.6 Å². The minimum Gasteiger partial charge on any atom is -0.344 e. The average molecular weight is 443 g/mol. The summed E-state index contributed by atoms with van der Waals surface area (Å²) >= 11 is 1.19. The SMILES string of the molecule is Cc1nc(-c2c(C)c(C)nn(C)c2=O)sc1C(=O)NC(c1ccc(F)cc1)C(C)(C)C. The van der Waals surface area contributed by atoms with E-state index in [1.165, 1.54) is 28.2 Å². The lowest BCUT2D eigenvalue weighted by atomic mass is 9.82. The molecule has 2 heterocycles. The maximum atomic E-state index is 13.4. The van der Waals surface area contributed by atoms with E-state index >= 15 is 0 Å². The number of carbonyl (C=O) groups is 1. The lowest BCUT2D eigenvalue weighted by Crippen LogP contribution is -2.36. The van der Waals surface area contributed by atoms with Gasteiger partial charge in [-0.05, 0) is 49.4 Å².